The Kier molecular flexibility index (Phi) is 11.1. The van der Waals surface area contributed by atoms with Crippen LogP contribution in [0.4, 0.5) is 0 Å². The van der Waals surface area contributed by atoms with Crippen molar-refractivity contribution in [1.29, 1.82) is 0 Å². The van der Waals surface area contributed by atoms with Gasteiger partial charge in [0.25, 0.3) is 0 Å². The molecule has 0 spiro atoms. The molecular weight excluding hydrogens is 516 g/mol. The molecule has 14 atom stereocenters. The number of ketones is 1. The fourth-order valence-electron chi connectivity index (χ4n) is 6.14. The Hall–Kier alpha value is -0.770. The second-order valence-electron chi connectivity index (χ2n) is 11.3. The Bertz CT molecular complexity index is 784. The van der Waals surface area contributed by atoms with Crippen LogP contribution in [0.1, 0.15) is 65.7 Å². The monoisotopic (exact) mass is 562 g/mol. The minimum absolute atomic E-state index is 0.0530. The number of carbonyl (C=O) groups is 1. The molecule has 4 fully saturated rings. The number of hydrogen-bond donors (Lipinski definition) is 5. The summed E-state index contributed by atoms with van der Waals surface area (Å²) >= 11 is 0. The zero-order valence-corrected chi connectivity index (χ0v) is 23.0. The highest BCUT2D eigenvalue weighted by Crippen LogP contribution is 2.37. The summed E-state index contributed by atoms with van der Waals surface area (Å²) < 4.78 is 36.7. The van der Waals surface area contributed by atoms with Gasteiger partial charge in [-0.05, 0) is 51.9 Å². The molecule has 5 N–H and O–H groups in total. The van der Waals surface area contributed by atoms with Gasteiger partial charge in [0.05, 0.1) is 24.9 Å². The van der Waals surface area contributed by atoms with E-state index in [4.69, 9.17) is 28.4 Å². The van der Waals surface area contributed by atoms with Crippen LogP contribution in [0.2, 0.25) is 0 Å². The maximum atomic E-state index is 12.3. The molecular formula is C27H46O12. The van der Waals surface area contributed by atoms with Crippen molar-refractivity contribution in [1.82, 2.24) is 0 Å². The van der Waals surface area contributed by atoms with Crippen molar-refractivity contribution < 1.29 is 58.7 Å². The van der Waals surface area contributed by atoms with Crippen molar-refractivity contribution in [2.75, 3.05) is 13.2 Å². The fraction of sp³-hybridized carbons (Fsp3) is 0.963. The molecule has 1 aliphatic carbocycles. The summed E-state index contributed by atoms with van der Waals surface area (Å²) in [4.78, 5) is 12.3. The molecule has 0 aromatic rings. The van der Waals surface area contributed by atoms with Crippen LogP contribution in [0.25, 0.3) is 0 Å². The largest absolute Gasteiger partial charge is 0.394 e. The average molecular weight is 563 g/mol. The second-order valence-corrected chi connectivity index (χ2v) is 11.3. The highest BCUT2D eigenvalue weighted by atomic mass is 16.7. The zero-order valence-electron chi connectivity index (χ0n) is 23.0. The van der Waals surface area contributed by atoms with Gasteiger partial charge in [0, 0.05) is 6.61 Å². The van der Waals surface area contributed by atoms with E-state index in [0.29, 0.717) is 25.9 Å². The van der Waals surface area contributed by atoms with Crippen molar-refractivity contribution in [2.24, 2.45) is 5.92 Å². The van der Waals surface area contributed by atoms with E-state index in [0.717, 1.165) is 25.7 Å². The summed E-state index contributed by atoms with van der Waals surface area (Å²) in [6.07, 6.45) is -7.91. The zero-order chi connectivity index (χ0) is 28.3. The van der Waals surface area contributed by atoms with Crippen LogP contribution < -0.4 is 0 Å². The van der Waals surface area contributed by atoms with Crippen LogP contribution in [-0.4, -0.2) is 124 Å². The molecule has 3 aliphatic heterocycles. The predicted octanol–water partition coefficient (Wildman–Crippen LogP) is -0.216. The van der Waals surface area contributed by atoms with E-state index in [9.17, 15) is 30.3 Å². The van der Waals surface area contributed by atoms with E-state index in [1.54, 1.807) is 6.92 Å². The summed E-state index contributed by atoms with van der Waals surface area (Å²) in [5, 5.41) is 51.9. The molecule has 0 aromatic carbocycles. The van der Waals surface area contributed by atoms with Crippen LogP contribution in [0.15, 0.2) is 0 Å². The van der Waals surface area contributed by atoms with Gasteiger partial charge in [0.2, 0.25) is 0 Å². The molecule has 3 saturated heterocycles. The molecule has 4 aliphatic rings. The number of aliphatic hydroxyl groups is 5. The lowest BCUT2D eigenvalue weighted by atomic mass is 9.82. The van der Waals surface area contributed by atoms with E-state index in [-0.39, 0.29) is 11.7 Å². The molecule has 0 aromatic heterocycles. The first-order chi connectivity index (χ1) is 18.7. The number of Topliss-reactive ketones (excluding diaryl/α,β-unsaturated/α-hetero) is 1. The number of carbonyl (C=O) groups excluding carboxylic acids is 1. The molecule has 3 heterocycles. The van der Waals surface area contributed by atoms with Crippen molar-refractivity contribution in [2.45, 2.75) is 145 Å². The summed E-state index contributed by atoms with van der Waals surface area (Å²) in [5.74, 6) is -0.0938. The summed E-state index contributed by atoms with van der Waals surface area (Å²) in [7, 11) is 0. The summed E-state index contributed by atoms with van der Waals surface area (Å²) in [6, 6.07) is 0. The van der Waals surface area contributed by atoms with Crippen LogP contribution in [0.5, 0.6) is 0 Å². The number of hydrogen-bond acceptors (Lipinski definition) is 12. The fourth-order valence-corrected chi connectivity index (χ4v) is 6.14. The van der Waals surface area contributed by atoms with E-state index in [1.165, 1.54) is 6.92 Å². The first-order valence-electron chi connectivity index (χ1n) is 14.4. The number of fused-ring (bicyclic) bond motifs is 1. The van der Waals surface area contributed by atoms with Crippen molar-refractivity contribution in [3.8, 4) is 0 Å². The Morgan fingerprint density at radius 3 is 2.31 bits per heavy atom. The number of rotatable bonds is 7. The van der Waals surface area contributed by atoms with Crippen LogP contribution in [0.3, 0.4) is 0 Å². The standard InChI is InChI=1S/C27H46O12/c1-4-15-8-7-10-17(23(15)39-26-22(33)21(32)19(30)14(3)35-26)37-27-25-24(20(31)18(12-28)38-27)36-16(13(2)29)9-5-6-11-34-25/h14-28,30-33H,4-12H2,1-3H3/t14?,15-,16-,17-,18?,19-,20+,21?,22+,23?,24?,25?,26+,27-/m1/s1. The van der Waals surface area contributed by atoms with Crippen LogP contribution in [0, 0.1) is 5.92 Å². The number of aliphatic hydroxyl groups excluding tert-OH is 5. The molecule has 12 heteroatoms. The van der Waals surface area contributed by atoms with Gasteiger partial charge in [-0.15, -0.1) is 0 Å². The highest BCUT2D eigenvalue weighted by Gasteiger charge is 2.51. The second kappa shape index (κ2) is 13.9. The van der Waals surface area contributed by atoms with Gasteiger partial charge in [0.15, 0.2) is 18.4 Å². The van der Waals surface area contributed by atoms with Gasteiger partial charge in [-0.25, -0.2) is 0 Å². The SMILES string of the molecule is CC[C@@H]1CCC[C@@H](O[C@@H]2OC(CO)[C@H](O)C3O[C@@H](C(C)=O)CCCCOC32)C1O[C@@H]1OC(C)[C@@H](O)C(O)[C@@H]1O. The van der Waals surface area contributed by atoms with E-state index in [1.807, 2.05) is 6.92 Å². The first-order valence-corrected chi connectivity index (χ1v) is 14.4. The van der Waals surface area contributed by atoms with Gasteiger partial charge in [0.1, 0.15) is 48.8 Å². The molecule has 0 amide bonds. The van der Waals surface area contributed by atoms with Gasteiger partial charge in [-0.1, -0.05) is 19.8 Å². The minimum Gasteiger partial charge on any atom is -0.394 e. The summed E-state index contributed by atoms with van der Waals surface area (Å²) in [6.45, 7) is 4.96. The molecule has 0 radical (unpaired) electrons. The summed E-state index contributed by atoms with van der Waals surface area (Å²) in [5.41, 5.74) is 0. The van der Waals surface area contributed by atoms with Crippen molar-refractivity contribution in [3.05, 3.63) is 0 Å². The van der Waals surface area contributed by atoms with E-state index < -0.39 is 86.3 Å². The number of ether oxygens (including phenoxy) is 6. The third kappa shape index (κ3) is 7.00. The van der Waals surface area contributed by atoms with E-state index in [2.05, 4.69) is 0 Å². The Morgan fingerprint density at radius 2 is 1.62 bits per heavy atom. The van der Waals surface area contributed by atoms with Crippen molar-refractivity contribution in [3.63, 3.8) is 0 Å². The first kappa shape index (κ1) is 31.2. The molecule has 226 valence electrons. The lowest BCUT2D eigenvalue weighted by Crippen LogP contribution is -2.63. The predicted molar refractivity (Wildman–Crippen MR) is 134 cm³/mol. The lowest BCUT2D eigenvalue weighted by Gasteiger charge is -2.48. The molecule has 0 bridgehead atoms. The van der Waals surface area contributed by atoms with Gasteiger partial charge in [-0.3, -0.25) is 4.79 Å². The van der Waals surface area contributed by atoms with Crippen molar-refractivity contribution >= 4 is 5.78 Å². The molecule has 1 saturated carbocycles. The third-order valence-electron chi connectivity index (χ3n) is 8.57. The third-order valence-corrected chi connectivity index (χ3v) is 8.57. The van der Waals surface area contributed by atoms with Gasteiger partial charge in [-0.2, -0.15) is 0 Å². The van der Waals surface area contributed by atoms with Gasteiger partial charge < -0.3 is 54.0 Å². The normalized spacial score (nSPS) is 47.9. The molecule has 4 rings (SSSR count). The van der Waals surface area contributed by atoms with Gasteiger partial charge >= 0.3 is 0 Å². The molecule has 39 heavy (non-hydrogen) atoms. The quantitative estimate of drug-likeness (QED) is 0.277. The van der Waals surface area contributed by atoms with Crippen LogP contribution in [-0.2, 0) is 33.2 Å². The molecule has 6 unspecified atom stereocenters. The smallest absolute Gasteiger partial charge is 0.187 e. The Balaban J connectivity index is 1.56. The maximum Gasteiger partial charge on any atom is 0.187 e. The maximum absolute atomic E-state index is 12.3. The minimum atomic E-state index is -1.45. The van der Waals surface area contributed by atoms with Crippen LogP contribution >= 0.6 is 0 Å². The molecule has 12 nitrogen and oxygen atoms in total. The topological polar surface area (TPSA) is 174 Å². The Labute approximate surface area is 229 Å². The average Bonchev–Trinajstić information content (AvgIpc) is 3.03. The van der Waals surface area contributed by atoms with E-state index >= 15 is 0 Å². The highest BCUT2D eigenvalue weighted by molar-refractivity contribution is 5.80. The Morgan fingerprint density at radius 1 is 0.846 bits per heavy atom. The lowest BCUT2D eigenvalue weighted by molar-refractivity contribution is -0.352.